The maximum atomic E-state index is 11.9. The Morgan fingerprint density at radius 2 is 2.21 bits per heavy atom. The van der Waals surface area contributed by atoms with Gasteiger partial charge in [0.25, 0.3) is 5.56 Å². The number of aromatic nitrogens is 3. The van der Waals surface area contributed by atoms with Gasteiger partial charge >= 0.3 is 0 Å². The van der Waals surface area contributed by atoms with Gasteiger partial charge in [-0.15, -0.1) is 0 Å². The molecule has 0 amide bonds. The summed E-state index contributed by atoms with van der Waals surface area (Å²) in [7, 11) is 0. The Kier molecular flexibility index (Phi) is 4.89. The lowest BCUT2D eigenvalue weighted by Crippen LogP contribution is -2.23. The molecule has 2 rings (SSSR count). The molecule has 0 saturated carbocycles. The van der Waals surface area contributed by atoms with E-state index in [1.165, 1.54) is 0 Å². The normalized spacial score (nSPS) is 10.4. The van der Waals surface area contributed by atoms with Gasteiger partial charge < -0.3 is 5.32 Å². The number of halogens is 1. The molecule has 6 heteroatoms. The Balaban J connectivity index is 2.11. The quantitative estimate of drug-likeness (QED) is 0.820. The van der Waals surface area contributed by atoms with Gasteiger partial charge in [0.05, 0.1) is 16.4 Å². The highest BCUT2D eigenvalue weighted by molar-refractivity contribution is 14.1. The second-order valence-electron chi connectivity index (χ2n) is 4.15. The van der Waals surface area contributed by atoms with E-state index in [1.807, 2.05) is 34.7 Å². The third-order valence-electron chi connectivity index (χ3n) is 2.59. The summed E-state index contributed by atoms with van der Waals surface area (Å²) in [5.74, 6) is 0.860. The van der Waals surface area contributed by atoms with Crippen molar-refractivity contribution in [2.24, 2.45) is 0 Å². The van der Waals surface area contributed by atoms with Crippen LogP contribution in [0.25, 0.3) is 0 Å². The molecule has 0 unspecified atom stereocenters. The molecular formula is C13H15IN4O. The lowest BCUT2D eigenvalue weighted by Gasteiger charge is -2.07. The Labute approximate surface area is 125 Å². The van der Waals surface area contributed by atoms with Gasteiger partial charge in [0.1, 0.15) is 5.82 Å². The predicted molar refractivity (Wildman–Crippen MR) is 83.3 cm³/mol. The van der Waals surface area contributed by atoms with Crippen molar-refractivity contribution in [1.82, 2.24) is 14.5 Å². The van der Waals surface area contributed by atoms with Crippen LogP contribution in [-0.2, 0) is 6.54 Å². The highest BCUT2D eigenvalue weighted by Crippen LogP contribution is 2.06. The maximum absolute atomic E-state index is 11.9. The minimum Gasteiger partial charge on any atom is -0.370 e. The van der Waals surface area contributed by atoms with E-state index in [-0.39, 0.29) is 5.56 Å². The van der Waals surface area contributed by atoms with Crippen LogP contribution < -0.4 is 10.9 Å². The van der Waals surface area contributed by atoms with E-state index < -0.39 is 0 Å². The minimum atomic E-state index is -0.0243. The van der Waals surface area contributed by atoms with Crippen molar-refractivity contribution in [2.45, 2.75) is 19.9 Å². The fraction of sp³-hybridized carbons (Fsp3) is 0.308. The van der Waals surface area contributed by atoms with Crippen LogP contribution in [0.2, 0.25) is 0 Å². The summed E-state index contributed by atoms with van der Waals surface area (Å²) in [6.07, 6.45) is 5.96. The summed E-state index contributed by atoms with van der Waals surface area (Å²) in [5, 5.41) is 3.21. The SMILES string of the molecule is CCCNc1ccc(Cn2cncc(I)c2=O)cn1. The molecule has 0 aliphatic heterocycles. The van der Waals surface area contributed by atoms with Gasteiger partial charge in [-0.25, -0.2) is 9.97 Å². The molecule has 0 aromatic carbocycles. The molecule has 0 aliphatic carbocycles. The van der Waals surface area contributed by atoms with Crippen molar-refractivity contribution in [3.05, 3.63) is 50.3 Å². The van der Waals surface area contributed by atoms with Crippen molar-refractivity contribution in [2.75, 3.05) is 11.9 Å². The fourth-order valence-electron chi connectivity index (χ4n) is 1.61. The van der Waals surface area contributed by atoms with Crippen LogP contribution in [0.3, 0.4) is 0 Å². The Bertz CT molecular complexity index is 594. The molecule has 0 atom stereocenters. The minimum absolute atomic E-state index is 0.0243. The van der Waals surface area contributed by atoms with Crippen molar-refractivity contribution in [3.8, 4) is 0 Å². The molecule has 100 valence electrons. The summed E-state index contributed by atoms with van der Waals surface area (Å²) >= 11 is 1.99. The van der Waals surface area contributed by atoms with Crippen LogP contribution in [0, 0.1) is 3.57 Å². The third-order valence-corrected chi connectivity index (χ3v) is 3.33. The smallest absolute Gasteiger partial charge is 0.267 e. The van der Waals surface area contributed by atoms with Gasteiger partial charge in [0, 0.05) is 18.9 Å². The van der Waals surface area contributed by atoms with Gasteiger partial charge in [-0.05, 0) is 40.6 Å². The molecule has 0 radical (unpaired) electrons. The average molecular weight is 370 g/mol. The summed E-state index contributed by atoms with van der Waals surface area (Å²) in [4.78, 5) is 20.2. The molecule has 0 fully saturated rings. The number of nitrogens with zero attached hydrogens (tertiary/aromatic N) is 3. The lowest BCUT2D eigenvalue weighted by atomic mass is 10.3. The van der Waals surface area contributed by atoms with Crippen LogP contribution in [0.4, 0.5) is 5.82 Å². The first kappa shape index (κ1) is 14.0. The number of pyridine rings is 1. The van der Waals surface area contributed by atoms with Crippen molar-refractivity contribution < 1.29 is 0 Å². The largest absolute Gasteiger partial charge is 0.370 e. The molecule has 0 spiro atoms. The van der Waals surface area contributed by atoms with E-state index in [1.54, 1.807) is 23.3 Å². The standard InChI is InChI=1S/C13H15IN4O/c1-2-5-16-12-4-3-10(6-17-12)8-18-9-15-7-11(14)13(18)19/h3-4,6-7,9H,2,5,8H2,1H3,(H,16,17). The number of nitrogens with one attached hydrogen (secondary N) is 1. The van der Waals surface area contributed by atoms with Crippen molar-refractivity contribution in [3.63, 3.8) is 0 Å². The van der Waals surface area contributed by atoms with Crippen LogP contribution in [-0.4, -0.2) is 21.1 Å². The van der Waals surface area contributed by atoms with E-state index in [0.29, 0.717) is 10.1 Å². The van der Waals surface area contributed by atoms with Gasteiger partial charge in [-0.3, -0.25) is 9.36 Å². The molecule has 2 heterocycles. The molecule has 0 aliphatic rings. The zero-order chi connectivity index (χ0) is 13.7. The molecule has 1 N–H and O–H groups in total. The first-order valence-electron chi connectivity index (χ1n) is 6.09. The average Bonchev–Trinajstić information content (AvgIpc) is 2.43. The summed E-state index contributed by atoms with van der Waals surface area (Å²) in [6, 6.07) is 3.90. The number of hydrogen-bond acceptors (Lipinski definition) is 4. The summed E-state index contributed by atoms with van der Waals surface area (Å²) < 4.78 is 2.20. The van der Waals surface area contributed by atoms with Crippen LogP contribution >= 0.6 is 22.6 Å². The third kappa shape index (κ3) is 3.76. The van der Waals surface area contributed by atoms with E-state index in [4.69, 9.17) is 0 Å². The summed E-state index contributed by atoms with van der Waals surface area (Å²) in [6.45, 7) is 3.51. The molecule has 19 heavy (non-hydrogen) atoms. The fourth-order valence-corrected chi connectivity index (χ4v) is 2.08. The number of rotatable bonds is 5. The van der Waals surface area contributed by atoms with E-state index in [0.717, 1.165) is 24.3 Å². The Morgan fingerprint density at radius 1 is 1.37 bits per heavy atom. The highest BCUT2D eigenvalue weighted by atomic mass is 127. The predicted octanol–water partition coefficient (Wildman–Crippen LogP) is 2.11. The molecular weight excluding hydrogens is 355 g/mol. The van der Waals surface area contributed by atoms with Crippen LogP contribution in [0.15, 0.2) is 35.6 Å². The summed E-state index contributed by atoms with van der Waals surface area (Å²) in [5.41, 5.74) is 0.955. The molecule has 2 aromatic heterocycles. The zero-order valence-electron chi connectivity index (χ0n) is 10.6. The zero-order valence-corrected chi connectivity index (χ0v) is 12.8. The van der Waals surface area contributed by atoms with Gasteiger partial charge in [-0.1, -0.05) is 13.0 Å². The van der Waals surface area contributed by atoms with Gasteiger partial charge in [0.15, 0.2) is 0 Å². The lowest BCUT2D eigenvalue weighted by molar-refractivity contribution is 0.728. The second-order valence-corrected chi connectivity index (χ2v) is 5.32. The van der Waals surface area contributed by atoms with Crippen molar-refractivity contribution in [1.29, 1.82) is 0 Å². The number of anilines is 1. The van der Waals surface area contributed by atoms with Crippen LogP contribution in [0.1, 0.15) is 18.9 Å². The second kappa shape index (κ2) is 6.65. The van der Waals surface area contributed by atoms with E-state index >= 15 is 0 Å². The number of hydrogen-bond donors (Lipinski definition) is 1. The first-order valence-corrected chi connectivity index (χ1v) is 7.17. The Hall–Kier alpha value is -1.44. The topological polar surface area (TPSA) is 59.8 Å². The van der Waals surface area contributed by atoms with Crippen LogP contribution in [0.5, 0.6) is 0 Å². The maximum Gasteiger partial charge on any atom is 0.267 e. The van der Waals surface area contributed by atoms with Gasteiger partial charge in [-0.2, -0.15) is 0 Å². The Morgan fingerprint density at radius 3 is 2.89 bits per heavy atom. The molecule has 5 nitrogen and oxygen atoms in total. The van der Waals surface area contributed by atoms with Gasteiger partial charge in [0.2, 0.25) is 0 Å². The molecule has 0 bridgehead atoms. The van der Waals surface area contributed by atoms with E-state index in [2.05, 4.69) is 22.2 Å². The van der Waals surface area contributed by atoms with Crippen molar-refractivity contribution >= 4 is 28.4 Å². The highest BCUT2D eigenvalue weighted by Gasteiger charge is 2.02. The molecule has 0 saturated heterocycles. The first-order chi connectivity index (χ1) is 9.20. The molecule has 2 aromatic rings. The van der Waals surface area contributed by atoms with E-state index in [9.17, 15) is 4.79 Å². The monoisotopic (exact) mass is 370 g/mol.